The van der Waals surface area contributed by atoms with E-state index in [0.29, 0.717) is 5.25 Å². The summed E-state index contributed by atoms with van der Waals surface area (Å²) in [6.45, 7) is 9.39. The summed E-state index contributed by atoms with van der Waals surface area (Å²) >= 11 is 8.26. The zero-order valence-corrected chi connectivity index (χ0v) is 13.3. The molecular weight excluding hydrogens is 266 g/mol. The molecular formula is C13H24ClN3S. The number of nitrogens with two attached hydrogens (primary N) is 1. The molecule has 1 unspecified atom stereocenters. The molecule has 1 heterocycles. The van der Waals surface area contributed by atoms with Crippen LogP contribution in [-0.2, 0) is 19.4 Å². The summed E-state index contributed by atoms with van der Waals surface area (Å²) in [7, 11) is 0. The molecule has 1 aromatic heterocycles. The highest BCUT2D eigenvalue weighted by Crippen LogP contribution is 2.23. The Balaban J connectivity index is 2.73. The summed E-state index contributed by atoms with van der Waals surface area (Å²) in [6.07, 6.45) is 1.67. The Hall–Kier alpha value is -0.190. The summed E-state index contributed by atoms with van der Waals surface area (Å²) in [5, 5.41) is 5.95. The van der Waals surface area contributed by atoms with Gasteiger partial charge in [0.2, 0.25) is 0 Å². The van der Waals surface area contributed by atoms with Gasteiger partial charge in [0.15, 0.2) is 0 Å². The maximum atomic E-state index is 6.37. The monoisotopic (exact) mass is 289 g/mol. The van der Waals surface area contributed by atoms with Crippen molar-refractivity contribution in [3.05, 3.63) is 16.4 Å². The minimum Gasteiger partial charge on any atom is -0.327 e. The van der Waals surface area contributed by atoms with E-state index in [1.807, 2.05) is 16.4 Å². The van der Waals surface area contributed by atoms with Gasteiger partial charge < -0.3 is 5.73 Å². The summed E-state index contributed by atoms with van der Waals surface area (Å²) in [4.78, 5) is 0. The predicted molar refractivity (Wildman–Crippen MR) is 81.6 cm³/mol. The lowest BCUT2D eigenvalue weighted by Crippen LogP contribution is -2.27. The Morgan fingerprint density at radius 1 is 1.39 bits per heavy atom. The summed E-state index contributed by atoms with van der Waals surface area (Å²) < 4.78 is 1.99. The quantitative estimate of drug-likeness (QED) is 0.839. The third kappa shape index (κ3) is 4.18. The van der Waals surface area contributed by atoms with E-state index in [1.165, 1.54) is 0 Å². The molecule has 0 spiro atoms. The van der Waals surface area contributed by atoms with Gasteiger partial charge in [0.1, 0.15) is 0 Å². The van der Waals surface area contributed by atoms with Gasteiger partial charge in [-0.05, 0) is 18.6 Å². The van der Waals surface area contributed by atoms with Crippen molar-refractivity contribution in [2.75, 3.05) is 5.75 Å². The number of hydrogen-bond acceptors (Lipinski definition) is 3. The maximum Gasteiger partial charge on any atom is 0.0850 e. The number of halogens is 1. The first kappa shape index (κ1) is 15.9. The van der Waals surface area contributed by atoms with Crippen molar-refractivity contribution in [3.63, 3.8) is 0 Å². The Bertz CT molecular complexity index is 377. The first-order chi connectivity index (χ1) is 8.49. The van der Waals surface area contributed by atoms with Crippen molar-refractivity contribution < 1.29 is 0 Å². The molecule has 0 amide bonds. The molecule has 0 fully saturated rings. The van der Waals surface area contributed by atoms with E-state index in [1.54, 1.807) is 0 Å². The maximum absolute atomic E-state index is 6.37. The van der Waals surface area contributed by atoms with Crippen LogP contribution in [0.5, 0.6) is 0 Å². The van der Waals surface area contributed by atoms with Crippen molar-refractivity contribution in [1.82, 2.24) is 9.78 Å². The lowest BCUT2D eigenvalue weighted by atomic mass is 10.1. The molecule has 1 rings (SSSR count). The standard InChI is InChI=1S/C13H24ClN3S/c1-5-11-13(14)12(17(6-2)16-11)7-10(15)8-18-9(3)4/h9-10H,5-8,15H2,1-4H3. The van der Waals surface area contributed by atoms with Gasteiger partial charge in [-0.25, -0.2) is 0 Å². The summed E-state index contributed by atoms with van der Waals surface area (Å²) in [5.41, 5.74) is 8.25. The minimum atomic E-state index is 0.140. The van der Waals surface area contributed by atoms with Gasteiger partial charge in [0.25, 0.3) is 0 Å². The third-order valence-electron chi connectivity index (χ3n) is 2.79. The van der Waals surface area contributed by atoms with Gasteiger partial charge in [0, 0.05) is 24.8 Å². The molecule has 18 heavy (non-hydrogen) atoms. The van der Waals surface area contributed by atoms with E-state index in [9.17, 15) is 0 Å². The van der Waals surface area contributed by atoms with E-state index >= 15 is 0 Å². The van der Waals surface area contributed by atoms with Crippen molar-refractivity contribution in [2.45, 2.75) is 58.4 Å². The molecule has 104 valence electrons. The Morgan fingerprint density at radius 2 is 2.06 bits per heavy atom. The van der Waals surface area contributed by atoms with Gasteiger partial charge >= 0.3 is 0 Å². The van der Waals surface area contributed by atoms with Crippen LogP contribution in [0.25, 0.3) is 0 Å². The summed E-state index contributed by atoms with van der Waals surface area (Å²) in [5.74, 6) is 0.963. The number of hydrogen-bond donors (Lipinski definition) is 1. The van der Waals surface area contributed by atoms with E-state index in [2.05, 4.69) is 32.8 Å². The highest BCUT2D eigenvalue weighted by molar-refractivity contribution is 7.99. The third-order valence-corrected chi connectivity index (χ3v) is 4.52. The highest BCUT2D eigenvalue weighted by atomic mass is 35.5. The molecule has 0 bridgehead atoms. The van der Waals surface area contributed by atoms with Crippen LogP contribution in [0.1, 0.15) is 39.1 Å². The number of nitrogens with zero attached hydrogens (tertiary/aromatic N) is 2. The van der Waals surface area contributed by atoms with Crippen molar-refractivity contribution in [1.29, 1.82) is 0 Å². The van der Waals surface area contributed by atoms with Crippen LogP contribution in [0.15, 0.2) is 0 Å². The van der Waals surface area contributed by atoms with Crippen LogP contribution in [0.2, 0.25) is 5.02 Å². The van der Waals surface area contributed by atoms with E-state index in [4.69, 9.17) is 17.3 Å². The van der Waals surface area contributed by atoms with Gasteiger partial charge in [-0.3, -0.25) is 4.68 Å². The van der Waals surface area contributed by atoms with E-state index in [-0.39, 0.29) is 6.04 Å². The van der Waals surface area contributed by atoms with Crippen LogP contribution in [0, 0.1) is 0 Å². The SMILES string of the molecule is CCc1nn(CC)c(CC(N)CSC(C)C)c1Cl. The number of thioether (sulfide) groups is 1. The molecule has 0 saturated carbocycles. The molecule has 0 aromatic carbocycles. The Labute approximate surface area is 119 Å². The lowest BCUT2D eigenvalue weighted by Gasteiger charge is -2.14. The molecule has 1 atom stereocenters. The smallest absolute Gasteiger partial charge is 0.0850 e. The molecule has 1 aromatic rings. The fourth-order valence-corrected chi connectivity index (χ4v) is 2.93. The van der Waals surface area contributed by atoms with Crippen LogP contribution < -0.4 is 5.73 Å². The van der Waals surface area contributed by atoms with Gasteiger partial charge in [-0.2, -0.15) is 16.9 Å². The van der Waals surface area contributed by atoms with Gasteiger partial charge in [-0.15, -0.1) is 0 Å². The van der Waals surface area contributed by atoms with Gasteiger partial charge in [-0.1, -0.05) is 32.4 Å². The fourth-order valence-electron chi connectivity index (χ4n) is 1.84. The Morgan fingerprint density at radius 3 is 2.56 bits per heavy atom. The van der Waals surface area contributed by atoms with Gasteiger partial charge in [0.05, 0.1) is 16.4 Å². The highest BCUT2D eigenvalue weighted by Gasteiger charge is 2.17. The normalized spacial score (nSPS) is 13.3. The fraction of sp³-hybridized carbons (Fsp3) is 0.769. The zero-order chi connectivity index (χ0) is 13.7. The predicted octanol–water partition coefficient (Wildman–Crippen LogP) is 3.13. The second kappa shape index (κ2) is 7.41. The van der Waals surface area contributed by atoms with Crippen LogP contribution >= 0.6 is 23.4 Å². The van der Waals surface area contributed by atoms with Crippen molar-refractivity contribution in [2.24, 2.45) is 5.73 Å². The minimum absolute atomic E-state index is 0.140. The van der Waals surface area contributed by atoms with Crippen LogP contribution in [0.4, 0.5) is 0 Å². The second-order valence-electron chi connectivity index (χ2n) is 4.72. The first-order valence-corrected chi connectivity index (χ1v) is 8.03. The van der Waals surface area contributed by atoms with Crippen LogP contribution in [-0.4, -0.2) is 26.8 Å². The second-order valence-corrected chi connectivity index (χ2v) is 6.71. The zero-order valence-electron chi connectivity index (χ0n) is 11.7. The largest absolute Gasteiger partial charge is 0.327 e. The topological polar surface area (TPSA) is 43.8 Å². The lowest BCUT2D eigenvalue weighted by molar-refractivity contribution is 0.592. The molecule has 0 saturated heterocycles. The number of aromatic nitrogens is 2. The average Bonchev–Trinajstić information content (AvgIpc) is 2.63. The molecule has 0 aliphatic rings. The van der Waals surface area contributed by atoms with Crippen LogP contribution in [0.3, 0.4) is 0 Å². The molecule has 0 aliphatic heterocycles. The molecule has 5 heteroatoms. The van der Waals surface area contributed by atoms with Crippen molar-refractivity contribution in [3.8, 4) is 0 Å². The average molecular weight is 290 g/mol. The number of rotatable bonds is 7. The number of aryl methyl sites for hydroxylation is 2. The molecule has 2 N–H and O–H groups in total. The molecule has 3 nitrogen and oxygen atoms in total. The Kier molecular flexibility index (Phi) is 6.53. The molecule has 0 aliphatic carbocycles. The van der Waals surface area contributed by atoms with E-state index < -0.39 is 0 Å². The summed E-state index contributed by atoms with van der Waals surface area (Å²) in [6, 6.07) is 0.140. The first-order valence-electron chi connectivity index (χ1n) is 6.60. The molecule has 0 radical (unpaired) electrons. The van der Waals surface area contributed by atoms with Crippen molar-refractivity contribution >= 4 is 23.4 Å². The van der Waals surface area contributed by atoms with E-state index in [0.717, 1.165) is 41.5 Å².